The highest BCUT2D eigenvalue weighted by atomic mass is 15.2. The predicted molar refractivity (Wildman–Crippen MR) is 73.8 cm³/mol. The lowest BCUT2D eigenvalue weighted by atomic mass is 10.1. The summed E-state index contributed by atoms with van der Waals surface area (Å²) in [6.45, 7) is 4.28. The summed E-state index contributed by atoms with van der Waals surface area (Å²) in [5.41, 5.74) is 1.44. The van der Waals surface area contributed by atoms with Crippen molar-refractivity contribution in [3.05, 3.63) is 48.3 Å². The minimum absolute atomic E-state index is 0.417. The van der Waals surface area contributed by atoms with E-state index >= 15 is 0 Å². The van der Waals surface area contributed by atoms with E-state index in [1.807, 2.05) is 6.20 Å². The van der Waals surface area contributed by atoms with Crippen LogP contribution >= 0.6 is 0 Å². The Bertz CT molecular complexity index is 516. The van der Waals surface area contributed by atoms with E-state index < -0.39 is 0 Å². The Hall–Kier alpha value is -1.77. The highest BCUT2D eigenvalue weighted by molar-refractivity contribution is 5.33. The summed E-state index contributed by atoms with van der Waals surface area (Å²) in [7, 11) is 0. The molecule has 3 rings (SSSR count). The van der Waals surface area contributed by atoms with Crippen molar-refractivity contribution in [2.75, 3.05) is 5.32 Å². The van der Waals surface area contributed by atoms with Gasteiger partial charge in [-0.1, -0.05) is 30.3 Å². The van der Waals surface area contributed by atoms with Gasteiger partial charge in [-0.2, -0.15) is 0 Å². The molecule has 2 aromatic rings. The molecular formula is C15H19N3. The lowest BCUT2D eigenvalue weighted by Gasteiger charge is -2.12. The van der Waals surface area contributed by atoms with Gasteiger partial charge < -0.3 is 9.88 Å². The molecule has 3 nitrogen and oxygen atoms in total. The molecule has 1 heterocycles. The summed E-state index contributed by atoms with van der Waals surface area (Å²) >= 11 is 0. The quantitative estimate of drug-likeness (QED) is 0.888. The number of rotatable bonds is 4. The molecule has 1 N–H and O–H groups in total. The average Bonchev–Trinajstić information content (AvgIpc) is 3.04. The largest absolute Gasteiger partial charge is 0.353 e. The fraction of sp³-hybridized carbons (Fsp3) is 0.400. The van der Waals surface area contributed by atoms with Crippen molar-refractivity contribution in [3.8, 4) is 0 Å². The van der Waals surface area contributed by atoms with Gasteiger partial charge in [0.1, 0.15) is 0 Å². The van der Waals surface area contributed by atoms with E-state index in [0.29, 0.717) is 18.0 Å². The summed E-state index contributed by atoms with van der Waals surface area (Å²) in [5.74, 6) is 1.64. The standard InChI is InChI=1S/C15H19N3/c1-11(2)17-15-16-8-9-18(15)14-10-13(14)12-6-4-3-5-7-12/h3-9,11,13-14H,10H2,1-2H3,(H,16,17). The van der Waals surface area contributed by atoms with Gasteiger partial charge in [0.15, 0.2) is 0 Å². The molecule has 2 atom stereocenters. The molecule has 1 aromatic heterocycles. The first-order chi connectivity index (χ1) is 8.75. The van der Waals surface area contributed by atoms with Crippen LogP contribution in [0.1, 0.15) is 37.8 Å². The number of nitrogens with one attached hydrogen (secondary N) is 1. The summed E-state index contributed by atoms with van der Waals surface area (Å²) in [5, 5.41) is 3.40. The van der Waals surface area contributed by atoms with E-state index in [-0.39, 0.29) is 0 Å². The molecule has 0 aliphatic heterocycles. The second-order valence-electron chi connectivity index (χ2n) is 5.28. The monoisotopic (exact) mass is 241 g/mol. The summed E-state index contributed by atoms with van der Waals surface area (Å²) in [4.78, 5) is 4.40. The molecule has 0 radical (unpaired) electrons. The van der Waals surface area contributed by atoms with Gasteiger partial charge in [0.25, 0.3) is 0 Å². The number of aromatic nitrogens is 2. The van der Waals surface area contributed by atoms with Gasteiger partial charge in [-0.3, -0.25) is 0 Å². The fourth-order valence-electron chi connectivity index (χ4n) is 2.50. The number of imidazole rings is 1. The predicted octanol–water partition coefficient (Wildman–Crippen LogP) is 3.43. The van der Waals surface area contributed by atoms with Crippen LogP contribution in [0.5, 0.6) is 0 Å². The van der Waals surface area contributed by atoms with Gasteiger partial charge in [0.05, 0.1) is 0 Å². The topological polar surface area (TPSA) is 29.9 Å². The maximum absolute atomic E-state index is 4.40. The normalized spacial score (nSPS) is 22.2. The molecule has 1 saturated carbocycles. The number of hydrogen-bond donors (Lipinski definition) is 1. The smallest absolute Gasteiger partial charge is 0.203 e. The summed E-state index contributed by atoms with van der Waals surface area (Å²) in [6, 6.07) is 11.7. The minimum atomic E-state index is 0.417. The SMILES string of the molecule is CC(C)Nc1nccn1C1CC1c1ccccc1. The Kier molecular flexibility index (Phi) is 2.82. The average molecular weight is 241 g/mol. The van der Waals surface area contributed by atoms with Gasteiger partial charge in [-0.05, 0) is 25.8 Å². The first kappa shape index (κ1) is 11.3. The molecule has 94 valence electrons. The van der Waals surface area contributed by atoms with Crippen molar-refractivity contribution in [3.63, 3.8) is 0 Å². The molecule has 1 aliphatic rings. The van der Waals surface area contributed by atoms with Crippen LogP contribution in [0.3, 0.4) is 0 Å². The third-order valence-electron chi connectivity index (χ3n) is 3.43. The first-order valence-electron chi connectivity index (χ1n) is 6.60. The van der Waals surface area contributed by atoms with E-state index in [0.717, 1.165) is 5.95 Å². The van der Waals surface area contributed by atoms with Gasteiger partial charge in [0, 0.05) is 30.4 Å². The lowest BCUT2D eigenvalue weighted by Crippen LogP contribution is -2.14. The Morgan fingerprint density at radius 3 is 2.78 bits per heavy atom. The van der Waals surface area contributed by atoms with Crippen LogP contribution in [0.2, 0.25) is 0 Å². The summed E-state index contributed by atoms with van der Waals surface area (Å²) < 4.78 is 2.28. The van der Waals surface area contributed by atoms with Gasteiger partial charge in [-0.25, -0.2) is 4.98 Å². The molecule has 0 spiro atoms. The highest BCUT2D eigenvalue weighted by Gasteiger charge is 2.40. The van der Waals surface area contributed by atoms with Crippen LogP contribution in [0, 0.1) is 0 Å². The van der Waals surface area contributed by atoms with E-state index in [2.05, 4.69) is 65.2 Å². The molecule has 1 fully saturated rings. The zero-order valence-corrected chi connectivity index (χ0v) is 10.9. The molecule has 1 aliphatic carbocycles. The van der Waals surface area contributed by atoms with Crippen molar-refractivity contribution >= 4 is 5.95 Å². The van der Waals surface area contributed by atoms with E-state index in [9.17, 15) is 0 Å². The van der Waals surface area contributed by atoms with Crippen LogP contribution in [0.4, 0.5) is 5.95 Å². The maximum atomic E-state index is 4.40. The maximum Gasteiger partial charge on any atom is 0.203 e. The van der Waals surface area contributed by atoms with E-state index in [1.165, 1.54) is 12.0 Å². The molecule has 0 amide bonds. The first-order valence-corrected chi connectivity index (χ1v) is 6.60. The van der Waals surface area contributed by atoms with Gasteiger partial charge >= 0.3 is 0 Å². The molecule has 1 aromatic carbocycles. The second-order valence-corrected chi connectivity index (χ2v) is 5.28. The molecule has 2 unspecified atom stereocenters. The van der Waals surface area contributed by atoms with Crippen LogP contribution in [0.15, 0.2) is 42.7 Å². The number of hydrogen-bond acceptors (Lipinski definition) is 2. The zero-order chi connectivity index (χ0) is 12.5. The third kappa shape index (κ3) is 2.13. The van der Waals surface area contributed by atoms with Crippen molar-refractivity contribution in [2.24, 2.45) is 0 Å². The van der Waals surface area contributed by atoms with Crippen LogP contribution in [0.25, 0.3) is 0 Å². The summed E-state index contributed by atoms with van der Waals surface area (Å²) in [6.07, 6.45) is 5.18. The third-order valence-corrected chi connectivity index (χ3v) is 3.43. The van der Waals surface area contributed by atoms with E-state index in [1.54, 1.807) is 0 Å². The lowest BCUT2D eigenvalue weighted by molar-refractivity contribution is 0.709. The Labute approximate surface area is 108 Å². The molecule has 0 saturated heterocycles. The van der Waals surface area contributed by atoms with Crippen LogP contribution in [-0.4, -0.2) is 15.6 Å². The number of nitrogens with zero attached hydrogens (tertiary/aromatic N) is 2. The molecular weight excluding hydrogens is 222 g/mol. The van der Waals surface area contributed by atoms with Crippen molar-refractivity contribution in [1.29, 1.82) is 0 Å². The minimum Gasteiger partial charge on any atom is -0.353 e. The highest BCUT2D eigenvalue weighted by Crippen LogP contribution is 2.52. The number of benzene rings is 1. The Morgan fingerprint density at radius 1 is 1.28 bits per heavy atom. The molecule has 18 heavy (non-hydrogen) atoms. The zero-order valence-electron chi connectivity index (χ0n) is 10.9. The van der Waals surface area contributed by atoms with Crippen LogP contribution in [-0.2, 0) is 0 Å². The van der Waals surface area contributed by atoms with Crippen molar-refractivity contribution in [2.45, 2.75) is 38.3 Å². The molecule has 3 heteroatoms. The van der Waals surface area contributed by atoms with E-state index in [4.69, 9.17) is 0 Å². The van der Waals surface area contributed by atoms with Gasteiger partial charge in [0.2, 0.25) is 5.95 Å². The number of anilines is 1. The van der Waals surface area contributed by atoms with Crippen LogP contribution < -0.4 is 5.32 Å². The Balaban J connectivity index is 1.77. The second kappa shape index (κ2) is 4.48. The Morgan fingerprint density at radius 2 is 2.06 bits per heavy atom. The van der Waals surface area contributed by atoms with Crippen molar-refractivity contribution in [1.82, 2.24) is 9.55 Å². The molecule has 0 bridgehead atoms. The fourth-order valence-corrected chi connectivity index (χ4v) is 2.50. The van der Waals surface area contributed by atoms with Crippen molar-refractivity contribution < 1.29 is 0 Å². The van der Waals surface area contributed by atoms with Gasteiger partial charge in [-0.15, -0.1) is 0 Å².